The molecule has 3 N–H and O–H groups in total. The molecule has 5 nitrogen and oxygen atoms in total. The van der Waals surface area contributed by atoms with Gasteiger partial charge < -0.3 is 10.3 Å². The third kappa shape index (κ3) is 2.29. The van der Waals surface area contributed by atoms with Crippen LogP contribution in [-0.4, -0.2) is 17.9 Å². The summed E-state index contributed by atoms with van der Waals surface area (Å²) >= 11 is 0. The highest BCUT2D eigenvalue weighted by molar-refractivity contribution is 6.09. The minimum Gasteiger partial charge on any atom is -0.354 e. The van der Waals surface area contributed by atoms with Crippen molar-refractivity contribution in [3.8, 4) is 11.3 Å². The molecule has 122 valence electrons. The van der Waals surface area contributed by atoms with Crippen LogP contribution in [0.15, 0.2) is 36.4 Å². The molecule has 1 aliphatic heterocycles. The molecule has 0 radical (unpaired) electrons. The van der Waals surface area contributed by atoms with Gasteiger partial charge in [0.25, 0.3) is 5.91 Å². The number of benzene rings is 2. The van der Waals surface area contributed by atoms with Gasteiger partial charge in [-0.25, -0.2) is 5.48 Å². The van der Waals surface area contributed by atoms with Gasteiger partial charge >= 0.3 is 0 Å². The molecule has 1 aliphatic rings. The van der Waals surface area contributed by atoms with Crippen molar-refractivity contribution in [2.24, 2.45) is 0 Å². The lowest BCUT2D eigenvalue weighted by Gasteiger charge is -2.10. The minimum atomic E-state index is -0.203. The number of hydroxylamine groups is 1. The average Bonchev–Trinajstić information content (AvgIpc) is 2.84. The number of nitrogens with one attached hydrogen (secondary N) is 3. The molecule has 2 heterocycles. The van der Waals surface area contributed by atoms with Gasteiger partial charge in [-0.15, -0.1) is 0 Å². The summed E-state index contributed by atoms with van der Waals surface area (Å²) in [6.45, 7) is 3.29. The summed E-state index contributed by atoms with van der Waals surface area (Å²) in [6.07, 6.45) is 0. The number of aryl methyl sites for hydroxylation is 1. The summed E-state index contributed by atoms with van der Waals surface area (Å²) in [5.74, 6) is -0.203. The molecule has 0 saturated carbocycles. The lowest BCUT2D eigenvalue weighted by atomic mass is 9.98. The molecule has 0 atom stereocenters. The van der Waals surface area contributed by atoms with Gasteiger partial charge in [-0.2, -0.15) is 0 Å². The van der Waals surface area contributed by atoms with Gasteiger partial charge in [0.15, 0.2) is 0 Å². The van der Waals surface area contributed by atoms with E-state index >= 15 is 0 Å². The van der Waals surface area contributed by atoms with Crippen LogP contribution in [0.4, 0.5) is 0 Å². The molecule has 3 aromatic rings. The normalized spacial score (nSPS) is 13.8. The van der Waals surface area contributed by atoms with Crippen molar-refractivity contribution in [2.45, 2.75) is 20.1 Å². The second kappa shape index (κ2) is 5.78. The van der Waals surface area contributed by atoms with Crippen LogP contribution in [0.5, 0.6) is 0 Å². The maximum absolute atomic E-state index is 12.2. The predicted molar refractivity (Wildman–Crippen MR) is 93.5 cm³/mol. The van der Waals surface area contributed by atoms with Crippen LogP contribution >= 0.6 is 0 Å². The van der Waals surface area contributed by atoms with Crippen molar-refractivity contribution in [3.63, 3.8) is 0 Å². The largest absolute Gasteiger partial charge is 0.354 e. The number of H-pyrrole nitrogens is 1. The van der Waals surface area contributed by atoms with Gasteiger partial charge in [0, 0.05) is 28.6 Å². The van der Waals surface area contributed by atoms with Crippen LogP contribution in [0.1, 0.15) is 27.0 Å². The molecule has 0 unspecified atom stereocenters. The van der Waals surface area contributed by atoms with Crippen molar-refractivity contribution in [3.05, 3.63) is 58.7 Å². The summed E-state index contributed by atoms with van der Waals surface area (Å²) in [7, 11) is 1.94. The highest BCUT2D eigenvalue weighted by Crippen LogP contribution is 2.35. The maximum atomic E-state index is 12.2. The van der Waals surface area contributed by atoms with Crippen molar-refractivity contribution >= 4 is 16.8 Å². The van der Waals surface area contributed by atoms with E-state index in [0.717, 1.165) is 34.3 Å². The van der Waals surface area contributed by atoms with E-state index in [1.54, 1.807) is 0 Å². The summed E-state index contributed by atoms with van der Waals surface area (Å²) in [4.78, 5) is 21.0. The van der Waals surface area contributed by atoms with Gasteiger partial charge in [0.05, 0.1) is 11.3 Å². The Labute approximate surface area is 140 Å². The van der Waals surface area contributed by atoms with Crippen molar-refractivity contribution < 1.29 is 9.63 Å². The first kappa shape index (κ1) is 14.9. The monoisotopic (exact) mass is 321 g/mol. The Kier molecular flexibility index (Phi) is 3.59. The lowest BCUT2D eigenvalue weighted by molar-refractivity contribution is 0.0256. The Morgan fingerprint density at radius 1 is 1.21 bits per heavy atom. The fourth-order valence-corrected chi connectivity index (χ4v) is 3.43. The number of carbonyl (C=O) groups excluding carboxylic acids is 1. The fraction of sp³-hybridized carbons (Fsp3) is 0.211. The van der Waals surface area contributed by atoms with Crippen LogP contribution in [-0.2, 0) is 18.0 Å². The quantitative estimate of drug-likeness (QED) is 0.695. The highest BCUT2D eigenvalue weighted by atomic mass is 16.6. The third-order valence-corrected chi connectivity index (χ3v) is 4.49. The molecule has 0 bridgehead atoms. The zero-order valence-corrected chi connectivity index (χ0v) is 13.7. The number of hydrogen-bond acceptors (Lipinski definition) is 3. The maximum Gasteiger partial charge on any atom is 0.275 e. The van der Waals surface area contributed by atoms with Gasteiger partial charge in [0.1, 0.15) is 6.61 Å². The van der Waals surface area contributed by atoms with Gasteiger partial charge in [-0.05, 0) is 37.2 Å². The second-order valence-corrected chi connectivity index (χ2v) is 6.11. The minimum absolute atomic E-state index is 0.203. The van der Waals surface area contributed by atoms with Crippen LogP contribution in [0.25, 0.3) is 22.2 Å². The first-order valence-electron chi connectivity index (χ1n) is 7.99. The van der Waals surface area contributed by atoms with E-state index < -0.39 is 0 Å². The molecular weight excluding hydrogens is 302 g/mol. The molecule has 24 heavy (non-hydrogen) atoms. The molecule has 1 aromatic heterocycles. The zero-order chi connectivity index (χ0) is 16.7. The highest BCUT2D eigenvalue weighted by Gasteiger charge is 2.23. The van der Waals surface area contributed by atoms with Crippen LogP contribution < -0.4 is 10.8 Å². The molecule has 2 aromatic carbocycles. The first-order valence-corrected chi connectivity index (χ1v) is 7.99. The number of aromatic nitrogens is 1. The molecule has 5 heteroatoms. The number of aromatic amines is 1. The van der Waals surface area contributed by atoms with E-state index in [9.17, 15) is 4.79 Å². The van der Waals surface area contributed by atoms with E-state index in [1.807, 2.05) is 25.2 Å². The molecule has 0 fully saturated rings. The smallest absolute Gasteiger partial charge is 0.275 e. The fourth-order valence-electron chi connectivity index (χ4n) is 3.43. The van der Waals surface area contributed by atoms with Gasteiger partial charge in [-0.3, -0.25) is 9.63 Å². The predicted octanol–water partition coefficient (Wildman–Crippen LogP) is 3.04. The molecule has 1 amide bonds. The van der Waals surface area contributed by atoms with Crippen LogP contribution in [0.2, 0.25) is 0 Å². The van der Waals surface area contributed by atoms with E-state index in [2.05, 4.69) is 40.9 Å². The SMILES string of the molecule is CNCc1ccc(-c2[nH]c3cccc4c3c2CONC4=O)c(C)c1. The van der Waals surface area contributed by atoms with E-state index in [1.165, 1.54) is 11.1 Å². The van der Waals surface area contributed by atoms with Crippen molar-refractivity contribution in [1.29, 1.82) is 0 Å². The van der Waals surface area contributed by atoms with Crippen LogP contribution in [0, 0.1) is 6.92 Å². The van der Waals surface area contributed by atoms with Gasteiger partial charge in [0.2, 0.25) is 0 Å². The Morgan fingerprint density at radius 3 is 2.88 bits per heavy atom. The van der Waals surface area contributed by atoms with Crippen LogP contribution in [0.3, 0.4) is 0 Å². The number of hydrogen-bond donors (Lipinski definition) is 3. The van der Waals surface area contributed by atoms with E-state index in [0.29, 0.717) is 12.2 Å². The molecular formula is C19H19N3O2. The number of amides is 1. The summed E-state index contributed by atoms with van der Waals surface area (Å²) in [5.41, 5.74) is 9.69. The summed E-state index contributed by atoms with van der Waals surface area (Å²) in [6, 6.07) is 12.1. The summed E-state index contributed by atoms with van der Waals surface area (Å²) < 4.78 is 0. The number of carbonyl (C=O) groups is 1. The zero-order valence-electron chi connectivity index (χ0n) is 13.7. The molecule has 4 rings (SSSR count). The van der Waals surface area contributed by atoms with Crippen molar-refractivity contribution in [2.75, 3.05) is 7.05 Å². The Bertz CT molecular complexity index is 943. The first-order chi connectivity index (χ1) is 11.7. The Morgan fingerprint density at radius 2 is 2.08 bits per heavy atom. The van der Waals surface area contributed by atoms with Crippen molar-refractivity contribution in [1.82, 2.24) is 15.8 Å². The average molecular weight is 321 g/mol. The lowest BCUT2D eigenvalue weighted by Crippen LogP contribution is -2.21. The molecule has 0 saturated heterocycles. The van der Waals surface area contributed by atoms with Gasteiger partial charge in [-0.1, -0.05) is 24.3 Å². The molecule has 0 spiro atoms. The molecule has 0 aliphatic carbocycles. The summed E-state index contributed by atoms with van der Waals surface area (Å²) in [5, 5.41) is 4.12. The van der Waals surface area contributed by atoms with E-state index in [4.69, 9.17) is 4.84 Å². The third-order valence-electron chi connectivity index (χ3n) is 4.49. The topological polar surface area (TPSA) is 66.2 Å². The Hall–Kier alpha value is -2.63. The standard InChI is InChI=1S/C19H19N3O2/c1-11-8-12(9-20-2)6-7-13(11)18-15-10-24-22-19(23)14-4-3-5-16(21-18)17(14)15/h3-8,20-21H,9-10H2,1-2H3,(H,22,23). The number of rotatable bonds is 3. The Balaban J connectivity index is 1.93. The second-order valence-electron chi connectivity index (χ2n) is 6.11. The van der Waals surface area contributed by atoms with E-state index in [-0.39, 0.29) is 5.91 Å².